The van der Waals surface area contributed by atoms with E-state index >= 15 is 0 Å². The van der Waals surface area contributed by atoms with Gasteiger partial charge in [-0.05, 0) is 38.3 Å². The lowest BCUT2D eigenvalue weighted by molar-refractivity contribution is -0.118. The second kappa shape index (κ2) is 7.06. The van der Waals surface area contributed by atoms with Crippen LogP contribution in [0.15, 0.2) is 0 Å². The predicted molar refractivity (Wildman–Crippen MR) is 70.4 cm³/mol. The number of amides is 1. The molecule has 0 radical (unpaired) electrons. The quantitative estimate of drug-likeness (QED) is 0.657. The molecule has 1 aliphatic rings. The van der Waals surface area contributed by atoms with Crippen LogP contribution in [0.2, 0.25) is 0 Å². The molecule has 7 heteroatoms. The minimum atomic E-state index is -3.35. The molecule has 1 aliphatic heterocycles. The molecule has 3 N–H and O–H groups in total. The maximum atomic E-state index is 12.0. The number of rotatable bonds is 7. The minimum Gasteiger partial charge on any atom is -0.369 e. The SMILES string of the molecule is CCN(CC(N)=O)S(=O)(=O)CCC1CCNCC1. The summed E-state index contributed by atoms with van der Waals surface area (Å²) in [5.41, 5.74) is 5.05. The van der Waals surface area contributed by atoms with E-state index < -0.39 is 15.9 Å². The van der Waals surface area contributed by atoms with Crippen LogP contribution >= 0.6 is 0 Å². The van der Waals surface area contributed by atoms with E-state index in [1.807, 2.05) is 0 Å². The van der Waals surface area contributed by atoms with E-state index in [1.165, 1.54) is 0 Å². The number of carbonyl (C=O) groups is 1. The summed E-state index contributed by atoms with van der Waals surface area (Å²) in [6.45, 7) is 3.71. The number of nitrogens with one attached hydrogen (secondary N) is 1. The maximum Gasteiger partial charge on any atom is 0.232 e. The molecule has 6 nitrogen and oxygen atoms in total. The van der Waals surface area contributed by atoms with Gasteiger partial charge in [-0.25, -0.2) is 8.42 Å². The summed E-state index contributed by atoms with van der Waals surface area (Å²) in [7, 11) is -3.35. The number of carbonyl (C=O) groups excluding carboxylic acids is 1. The van der Waals surface area contributed by atoms with Crippen molar-refractivity contribution in [2.24, 2.45) is 11.7 Å². The van der Waals surface area contributed by atoms with E-state index in [1.54, 1.807) is 6.92 Å². The van der Waals surface area contributed by atoms with Crippen LogP contribution in [0, 0.1) is 5.92 Å². The van der Waals surface area contributed by atoms with Gasteiger partial charge in [0.2, 0.25) is 15.9 Å². The number of hydrogen-bond acceptors (Lipinski definition) is 4. The molecule has 0 aromatic rings. The lowest BCUT2D eigenvalue weighted by Gasteiger charge is -2.24. The topological polar surface area (TPSA) is 92.5 Å². The highest BCUT2D eigenvalue weighted by Gasteiger charge is 2.24. The van der Waals surface area contributed by atoms with Crippen LogP contribution in [0.25, 0.3) is 0 Å². The molecular weight excluding hydrogens is 254 g/mol. The maximum absolute atomic E-state index is 12.0. The fourth-order valence-corrected chi connectivity index (χ4v) is 3.80. The first kappa shape index (κ1) is 15.4. The van der Waals surface area contributed by atoms with Crippen molar-refractivity contribution in [2.45, 2.75) is 26.2 Å². The lowest BCUT2D eigenvalue weighted by atomic mass is 9.96. The van der Waals surface area contributed by atoms with Gasteiger partial charge in [0.25, 0.3) is 0 Å². The summed E-state index contributed by atoms with van der Waals surface area (Å²) in [6, 6.07) is 0. The molecule has 106 valence electrons. The molecule has 0 bridgehead atoms. The molecule has 0 aliphatic carbocycles. The van der Waals surface area contributed by atoms with Gasteiger partial charge in [0.1, 0.15) is 0 Å². The van der Waals surface area contributed by atoms with Gasteiger partial charge in [0.05, 0.1) is 12.3 Å². The Bertz CT molecular complexity index is 364. The minimum absolute atomic E-state index is 0.110. The average molecular weight is 277 g/mol. The number of hydrogen-bond donors (Lipinski definition) is 2. The van der Waals surface area contributed by atoms with Crippen molar-refractivity contribution in [2.75, 3.05) is 31.9 Å². The first-order valence-corrected chi connectivity index (χ1v) is 8.03. The third-order valence-electron chi connectivity index (χ3n) is 3.32. The number of nitrogens with two attached hydrogens (primary N) is 1. The Morgan fingerprint density at radius 2 is 2.00 bits per heavy atom. The van der Waals surface area contributed by atoms with Crippen LogP contribution in [0.4, 0.5) is 0 Å². The molecule has 0 spiro atoms. The predicted octanol–water partition coefficient (Wildman–Crippen LogP) is -0.487. The fraction of sp³-hybridized carbons (Fsp3) is 0.909. The van der Waals surface area contributed by atoms with Crippen LogP contribution in [-0.2, 0) is 14.8 Å². The molecule has 1 saturated heterocycles. The number of nitrogens with zero attached hydrogens (tertiary/aromatic N) is 1. The average Bonchev–Trinajstić information content (AvgIpc) is 2.34. The van der Waals surface area contributed by atoms with Crippen LogP contribution in [-0.4, -0.2) is 50.6 Å². The Morgan fingerprint density at radius 3 is 2.50 bits per heavy atom. The van der Waals surface area contributed by atoms with Crippen molar-refractivity contribution in [3.05, 3.63) is 0 Å². The van der Waals surface area contributed by atoms with Gasteiger partial charge in [-0.1, -0.05) is 6.92 Å². The summed E-state index contributed by atoms with van der Waals surface area (Å²) < 4.78 is 25.2. The zero-order chi connectivity index (χ0) is 13.6. The molecule has 0 atom stereocenters. The molecule has 1 rings (SSSR count). The molecule has 1 fully saturated rings. The molecule has 1 amide bonds. The standard InChI is InChI=1S/C11H23N3O3S/c1-2-14(9-11(12)15)18(16,17)8-5-10-3-6-13-7-4-10/h10,13H,2-9H2,1H3,(H2,12,15). The Hall–Kier alpha value is -0.660. The third kappa shape index (κ3) is 4.91. The zero-order valence-corrected chi connectivity index (χ0v) is 11.7. The van der Waals surface area contributed by atoms with Gasteiger partial charge >= 0.3 is 0 Å². The third-order valence-corrected chi connectivity index (χ3v) is 5.25. The van der Waals surface area contributed by atoms with Crippen molar-refractivity contribution < 1.29 is 13.2 Å². The summed E-state index contributed by atoms with van der Waals surface area (Å²) in [5, 5.41) is 3.25. The van der Waals surface area contributed by atoms with E-state index in [9.17, 15) is 13.2 Å². The Balaban J connectivity index is 2.48. The molecule has 1 heterocycles. The van der Waals surface area contributed by atoms with Crippen molar-refractivity contribution in [3.8, 4) is 0 Å². The van der Waals surface area contributed by atoms with Crippen molar-refractivity contribution >= 4 is 15.9 Å². The van der Waals surface area contributed by atoms with E-state index in [0.717, 1.165) is 30.2 Å². The Morgan fingerprint density at radius 1 is 1.39 bits per heavy atom. The van der Waals surface area contributed by atoms with Crippen molar-refractivity contribution in [1.29, 1.82) is 0 Å². The molecule has 0 saturated carbocycles. The molecule has 0 unspecified atom stereocenters. The highest BCUT2D eigenvalue weighted by atomic mass is 32.2. The first-order valence-electron chi connectivity index (χ1n) is 6.42. The highest BCUT2D eigenvalue weighted by Crippen LogP contribution is 2.17. The summed E-state index contributed by atoms with van der Waals surface area (Å²) in [5.74, 6) is -0.0331. The van der Waals surface area contributed by atoms with Gasteiger partial charge < -0.3 is 11.1 Å². The smallest absolute Gasteiger partial charge is 0.232 e. The van der Waals surface area contributed by atoms with E-state index in [-0.39, 0.29) is 18.8 Å². The second-order valence-corrected chi connectivity index (χ2v) is 6.78. The first-order chi connectivity index (χ1) is 8.45. The number of likely N-dealkylation sites (N-methyl/N-ethyl adjacent to an activating group) is 1. The van der Waals surface area contributed by atoms with Gasteiger partial charge in [-0.2, -0.15) is 4.31 Å². The van der Waals surface area contributed by atoms with Gasteiger partial charge in [0.15, 0.2) is 0 Å². The highest BCUT2D eigenvalue weighted by molar-refractivity contribution is 7.89. The molecule has 0 aromatic carbocycles. The Kier molecular flexibility index (Phi) is 6.04. The van der Waals surface area contributed by atoms with Crippen LogP contribution in [0.1, 0.15) is 26.2 Å². The van der Waals surface area contributed by atoms with Crippen LogP contribution in [0.5, 0.6) is 0 Å². The largest absolute Gasteiger partial charge is 0.369 e. The van der Waals surface area contributed by atoms with E-state index in [2.05, 4.69) is 5.32 Å². The lowest BCUT2D eigenvalue weighted by Crippen LogP contribution is -2.40. The monoisotopic (exact) mass is 277 g/mol. The normalized spacial score (nSPS) is 18.1. The van der Waals surface area contributed by atoms with Gasteiger partial charge in [-0.15, -0.1) is 0 Å². The van der Waals surface area contributed by atoms with Crippen LogP contribution in [0.3, 0.4) is 0 Å². The zero-order valence-electron chi connectivity index (χ0n) is 10.9. The van der Waals surface area contributed by atoms with Gasteiger partial charge in [0, 0.05) is 6.54 Å². The summed E-state index contributed by atoms with van der Waals surface area (Å²) in [4.78, 5) is 10.8. The second-order valence-electron chi connectivity index (χ2n) is 4.69. The summed E-state index contributed by atoms with van der Waals surface area (Å²) >= 11 is 0. The van der Waals surface area contributed by atoms with E-state index in [4.69, 9.17) is 5.73 Å². The van der Waals surface area contributed by atoms with Crippen molar-refractivity contribution in [1.82, 2.24) is 9.62 Å². The molecular formula is C11H23N3O3S. The molecule has 18 heavy (non-hydrogen) atoms. The van der Waals surface area contributed by atoms with Gasteiger partial charge in [-0.3, -0.25) is 4.79 Å². The molecule has 0 aromatic heterocycles. The number of piperidine rings is 1. The van der Waals surface area contributed by atoms with Crippen molar-refractivity contribution in [3.63, 3.8) is 0 Å². The number of primary amides is 1. The van der Waals surface area contributed by atoms with E-state index in [0.29, 0.717) is 12.3 Å². The fourth-order valence-electron chi connectivity index (χ4n) is 2.20. The number of sulfonamides is 1. The Labute approximate surface area is 109 Å². The van der Waals surface area contributed by atoms with Crippen LogP contribution < -0.4 is 11.1 Å². The summed E-state index contributed by atoms with van der Waals surface area (Å²) in [6.07, 6.45) is 2.72.